The lowest BCUT2D eigenvalue weighted by molar-refractivity contribution is -0.146. The topological polar surface area (TPSA) is 97.1 Å². The summed E-state index contributed by atoms with van der Waals surface area (Å²) >= 11 is 0. The molecule has 2 fully saturated rings. The van der Waals surface area contributed by atoms with Crippen molar-refractivity contribution in [2.24, 2.45) is 18.9 Å². The van der Waals surface area contributed by atoms with Gasteiger partial charge < -0.3 is 10.4 Å². The van der Waals surface area contributed by atoms with Gasteiger partial charge in [-0.25, -0.2) is 14.5 Å². The smallest absolute Gasteiger partial charge is 0.329 e. The van der Waals surface area contributed by atoms with Gasteiger partial charge in [0, 0.05) is 18.2 Å². The highest BCUT2D eigenvalue weighted by Gasteiger charge is 2.59. The van der Waals surface area contributed by atoms with E-state index >= 15 is 0 Å². The molecule has 130 valence electrons. The molecule has 2 aromatic rings. The molecule has 2 aliphatic rings. The van der Waals surface area contributed by atoms with Crippen LogP contribution >= 0.6 is 0 Å². The van der Waals surface area contributed by atoms with Crippen LogP contribution in [0.1, 0.15) is 36.0 Å². The van der Waals surface area contributed by atoms with E-state index in [9.17, 15) is 14.7 Å². The Hall–Kier alpha value is -2.70. The summed E-state index contributed by atoms with van der Waals surface area (Å²) in [6.45, 7) is 0. The Labute approximate surface area is 145 Å². The van der Waals surface area contributed by atoms with Gasteiger partial charge in [0.1, 0.15) is 11.9 Å². The number of nitrogens with zero attached hydrogens (tertiary/aromatic N) is 3. The van der Waals surface area contributed by atoms with Crippen molar-refractivity contribution in [3.05, 3.63) is 36.2 Å². The van der Waals surface area contributed by atoms with Crippen molar-refractivity contribution in [2.45, 2.75) is 31.2 Å². The van der Waals surface area contributed by atoms with E-state index in [1.165, 1.54) is 6.33 Å². The maximum atomic E-state index is 12.6. The fraction of sp³-hybridized carbons (Fsp3) is 0.444. The number of hydrogen-bond acceptors (Lipinski definition) is 4. The van der Waals surface area contributed by atoms with Crippen molar-refractivity contribution >= 4 is 11.9 Å². The number of aliphatic carboxylic acids is 1. The number of fused-ring (bicyclic) bond motifs is 1. The number of aryl methyl sites for hydroxylation is 1. The van der Waals surface area contributed by atoms with E-state index in [4.69, 9.17) is 0 Å². The second kappa shape index (κ2) is 5.68. The highest BCUT2D eigenvalue weighted by molar-refractivity contribution is 5.98. The zero-order chi connectivity index (χ0) is 17.6. The Kier molecular flexibility index (Phi) is 3.59. The molecule has 3 atom stereocenters. The van der Waals surface area contributed by atoms with Crippen molar-refractivity contribution in [1.29, 1.82) is 0 Å². The van der Waals surface area contributed by atoms with Crippen LogP contribution in [-0.2, 0) is 11.8 Å². The minimum absolute atomic E-state index is 0.0700. The van der Waals surface area contributed by atoms with Gasteiger partial charge in [-0.15, -0.1) is 0 Å². The Balaban J connectivity index is 1.55. The molecule has 25 heavy (non-hydrogen) atoms. The summed E-state index contributed by atoms with van der Waals surface area (Å²) in [6, 6.07) is 6.99. The molecule has 4 rings (SSSR count). The zero-order valence-corrected chi connectivity index (χ0v) is 14.0. The van der Waals surface area contributed by atoms with E-state index in [1.807, 2.05) is 0 Å². The molecular weight excluding hydrogens is 320 g/mol. The Bertz CT molecular complexity index is 829. The standard InChI is InChI=1S/C18H20N4O3/c1-22-15(19-10-20-22)11-4-6-12(7-5-11)16(23)21-18(17(24)25)8-2-3-13-9-14(13)18/h4-7,10,13-14H,2-3,8-9H2,1H3,(H,21,23)(H,24,25). The quantitative estimate of drug-likeness (QED) is 0.885. The monoisotopic (exact) mass is 340 g/mol. The van der Waals surface area contributed by atoms with Gasteiger partial charge in [0.15, 0.2) is 5.82 Å². The molecule has 0 aliphatic heterocycles. The number of carbonyl (C=O) groups is 2. The van der Waals surface area contributed by atoms with E-state index in [0.717, 1.165) is 24.8 Å². The number of carboxylic acids is 1. The van der Waals surface area contributed by atoms with Crippen molar-refractivity contribution in [3.8, 4) is 11.4 Å². The molecular formula is C18H20N4O3. The largest absolute Gasteiger partial charge is 0.479 e. The molecule has 2 aliphatic carbocycles. The summed E-state index contributed by atoms with van der Waals surface area (Å²) in [5.41, 5.74) is 0.196. The fourth-order valence-corrected chi connectivity index (χ4v) is 4.08. The first kappa shape index (κ1) is 15.8. The highest BCUT2D eigenvalue weighted by atomic mass is 16.4. The van der Waals surface area contributed by atoms with E-state index in [2.05, 4.69) is 15.4 Å². The lowest BCUT2D eigenvalue weighted by Crippen LogP contribution is -2.57. The predicted molar refractivity (Wildman–Crippen MR) is 89.7 cm³/mol. The Morgan fingerprint density at radius 2 is 2.08 bits per heavy atom. The van der Waals surface area contributed by atoms with Crippen LogP contribution in [0.15, 0.2) is 30.6 Å². The average Bonchev–Trinajstić information content (AvgIpc) is 3.29. The van der Waals surface area contributed by atoms with Gasteiger partial charge in [-0.2, -0.15) is 5.10 Å². The number of carboxylic acid groups (broad SMARTS) is 1. The SMILES string of the molecule is Cn1ncnc1-c1ccc(C(=O)NC2(C(=O)O)CCCC3CC32)cc1. The molecule has 0 spiro atoms. The molecule has 1 heterocycles. The van der Waals surface area contributed by atoms with E-state index < -0.39 is 11.5 Å². The minimum atomic E-state index is -1.11. The van der Waals surface area contributed by atoms with Crippen LogP contribution in [0, 0.1) is 11.8 Å². The predicted octanol–water partition coefficient (Wildman–Crippen LogP) is 1.86. The maximum absolute atomic E-state index is 12.6. The number of aromatic nitrogens is 3. The lowest BCUT2D eigenvalue weighted by Gasteiger charge is -2.34. The maximum Gasteiger partial charge on any atom is 0.329 e. The second-order valence-corrected chi connectivity index (χ2v) is 7.01. The molecule has 3 unspecified atom stereocenters. The van der Waals surface area contributed by atoms with Gasteiger partial charge in [0.2, 0.25) is 0 Å². The minimum Gasteiger partial charge on any atom is -0.479 e. The number of benzene rings is 1. The van der Waals surface area contributed by atoms with Crippen molar-refractivity contribution in [3.63, 3.8) is 0 Å². The molecule has 1 aromatic carbocycles. The Morgan fingerprint density at radius 3 is 2.72 bits per heavy atom. The van der Waals surface area contributed by atoms with Gasteiger partial charge in [-0.05, 0) is 43.2 Å². The molecule has 7 nitrogen and oxygen atoms in total. The van der Waals surface area contributed by atoms with Crippen molar-refractivity contribution in [1.82, 2.24) is 20.1 Å². The van der Waals surface area contributed by atoms with E-state index in [1.54, 1.807) is 36.0 Å². The number of nitrogens with one attached hydrogen (secondary N) is 1. The average molecular weight is 340 g/mol. The lowest BCUT2D eigenvalue weighted by atomic mass is 9.81. The summed E-state index contributed by atoms with van der Waals surface area (Å²) in [4.78, 5) is 28.7. The van der Waals surface area contributed by atoms with Crippen LogP contribution in [0.5, 0.6) is 0 Å². The zero-order valence-electron chi connectivity index (χ0n) is 14.0. The van der Waals surface area contributed by atoms with Crippen molar-refractivity contribution < 1.29 is 14.7 Å². The summed E-state index contributed by atoms with van der Waals surface area (Å²) in [5, 5.41) is 16.6. The molecule has 2 saturated carbocycles. The summed E-state index contributed by atoms with van der Waals surface area (Å²) in [6.07, 6.45) is 4.80. The van der Waals surface area contributed by atoms with Gasteiger partial charge >= 0.3 is 5.97 Å². The van der Waals surface area contributed by atoms with Crippen molar-refractivity contribution in [2.75, 3.05) is 0 Å². The number of amides is 1. The first-order valence-electron chi connectivity index (χ1n) is 8.51. The first-order chi connectivity index (χ1) is 12.0. The Morgan fingerprint density at radius 1 is 1.32 bits per heavy atom. The molecule has 2 N–H and O–H groups in total. The summed E-state index contributed by atoms with van der Waals surface area (Å²) < 4.78 is 1.66. The van der Waals surface area contributed by atoms with Crippen LogP contribution in [0.3, 0.4) is 0 Å². The van der Waals surface area contributed by atoms with Crippen LogP contribution in [-0.4, -0.2) is 37.3 Å². The van der Waals surface area contributed by atoms with Gasteiger partial charge in [0.25, 0.3) is 5.91 Å². The molecule has 1 amide bonds. The summed E-state index contributed by atoms with van der Waals surface area (Å²) in [7, 11) is 1.80. The van der Waals surface area contributed by atoms with E-state index in [0.29, 0.717) is 23.7 Å². The summed E-state index contributed by atoms with van der Waals surface area (Å²) in [5.74, 6) is -0.0191. The normalized spacial score (nSPS) is 27.4. The number of carbonyl (C=O) groups excluding carboxylic acids is 1. The number of hydrogen-bond donors (Lipinski definition) is 2. The molecule has 0 saturated heterocycles. The second-order valence-electron chi connectivity index (χ2n) is 7.01. The molecule has 1 aromatic heterocycles. The fourth-order valence-electron chi connectivity index (χ4n) is 4.08. The number of rotatable bonds is 4. The highest BCUT2D eigenvalue weighted by Crippen LogP contribution is 2.55. The molecule has 0 bridgehead atoms. The van der Waals surface area contributed by atoms with Crippen LogP contribution in [0.25, 0.3) is 11.4 Å². The van der Waals surface area contributed by atoms with Gasteiger partial charge in [0.05, 0.1) is 0 Å². The third-order valence-electron chi connectivity index (χ3n) is 5.54. The van der Waals surface area contributed by atoms with Gasteiger partial charge in [-0.1, -0.05) is 18.6 Å². The van der Waals surface area contributed by atoms with Crippen LogP contribution < -0.4 is 5.32 Å². The third-order valence-corrected chi connectivity index (χ3v) is 5.54. The van der Waals surface area contributed by atoms with Crippen LogP contribution in [0.4, 0.5) is 0 Å². The molecule has 0 radical (unpaired) electrons. The molecule has 7 heteroatoms. The third kappa shape index (κ3) is 2.59. The van der Waals surface area contributed by atoms with Crippen LogP contribution in [0.2, 0.25) is 0 Å². The first-order valence-corrected chi connectivity index (χ1v) is 8.51. The van der Waals surface area contributed by atoms with Gasteiger partial charge in [-0.3, -0.25) is 4.79 Å². The van der Waals surface area contributed by atoms with E-state index in [-0.39, 0.29) is 11.8 Å².